The Labute approximate surface area is 81.0 Å². The maximum Gasteiger partial charge on any atom is 0.144 e. The van der Waals surface area contributed by atoms with E-state index in [0.717, 1.165) is 16.3 Å². The molecule has 1 aliphatic rings. The van der Waals surface area contributed by atoms with Gasteiger partial charge in [-0.2, -0.15) is 0 Å². The molecule has 1 aromatic carbocycles. The summed E-state index contributed by atoms with van der Waals surface area (Å²) in [6.07, 6.45) is 1.84. The molecule has 0 N–H and O–H groups in total. The molecular formula is C9H9ClN2O. The highest BCUT2D eigenvalue weighted by Crippen LogP contribution is 2.02. The van der Waals surface area contributed by atoms with Gasteiger partial charge < -0.3 is 4.74 Å². The van der Waals surface area contributed by atoms with Crippen LogP contribution in [0.5, 0.6) is 5.75 Å². The third-order valence-corrected chi connectivity index (χ3v) is 2.10. The van der Waals surface area contributed by atoms with Crippen LogP contribution >= 0.6 is 11.8 Å². The van der Waals surface area contributed by atoms with Gasteiger partial charge in [0.15, 0.2) is 0 Å². The first kappa shape index (κ1) is 8.38. The molecule has 0 radical (unpaired) electrons. The molecule has 0 fully saturated rings. The van der Waals surface area contributed by atoms with Crippen molar-refractivity contribution in [1.29, 1.82) is 0 Å². The average molecular weight is 197 g/mol. The third-order valence-electron chi connectivity index (χ3n) is 1.89. The molecule has 68 valence electrons. The van der Waals surface area contributed by atoms with Crippen LogP contribution in [0.4, 0.5) is 0 Å². The lowest BCUT2D eigenvalue weighted by atomic mass is 10.2. The predicted molar refractivity (Wildman–Crippen MR) is 50.8 cm³/mol. The van der Waals surface area contributed by atoms with Gasteiger partial charge >= 0.3 is 0 Å². The number of halogens is 1. The first-order valence-electron chi connectivity index (χ1n) is 3.93. The van der Waals surface area contributed by atoms with Gasteiger partial charge in [-0.3, -0.25) is 9.41 Å². The van der Waals surface area contributed by atoms with Crippen molar-refractivity contribution in [3.05, 3.63) is 28.8 Å². The number of hydrogen-bond acceptors (Lipinski definition) is 3. The summed E-state index contributed by atoms with van der Waals surface area (Å²) in [7, 11) is 1.64. The van der Waals surface area contributed by atoms with Crippen molar-refractivity contribution < 1.29 is 4.74 Å². The van der Waals surface area contributed by atoms with Crippen molar-refractivity contribution in [2.24, 2.45) is 4.99 Å². The molecule has 0 saturated heterocycles. The van der Waals surface area contributed by atoms with E-state index in [1.54, 1.807) is 7.11 Å². The van der Waals surface area contributed by atoms with Gasteiger partial charge in [-0.1, -0.05) is 12.1 Å². The van der Waals surface area contributed by atoms with Crippen LogP contribution in [0.1, 0.15) is 0 Å². The van der Waals surface area contributed by atoms with E-state index in [4.69, 9.17) is 16.5 Å². The molecule has 0 saturated carbocycles. The standard InChI is InChI=1S/C9H9ClN2O/c1-13-8-4-2-3-7-5-12(10)6-11-9(7)8/h2-5H,6H2,1H3. The van der Waals surface area contributed by atoms with Crippen LogP contribution in [0.25, 0.3) is 6.20 Å². The number of ether oxygens (including phenoxy) is 1. The Morgan fingerprint density at radius 3 is 3.15 bits per heavy atom. The van der Waals surface area contributed by atoms with Crippen LogP contribution < -0.4 is 15.3 Å². The number of benzene rings is 1. The lowest BCUT2D eigenvalue weighted by molar-refractivity contribution is 0.406. The van der Waals surface area contributed by atoms with Gasteiger partial charge in [0, 0.05) is 23.2 Å². The third kappa shape index (κ3) is 1.47. The van der Waals surface area contributed by atoms with E-state index < -0.39 is 0 Å². The van der Waals surface area contributed by atoms with Crippen molar-refractivity contribution >= 4 is 18.0 Å². The highest BCUT2D eigenvalue weighted by Gasteiger charge is 2.03. The smallest absolute Gasteiger partial charge is 0.144 e. The molecule has 13 heavy (non-hydrogen) atoms. The summed E-state index contributed by atoms with van der Waals surface area (Å²) in [5.41, 5.74) is 0. The maximum atomic E-state index is 5.78. The summed E-state index contributed by atoms with van der Waals surface area (Å²) >= 11 is 5.78. The monoisotopic (exact) mass is 196 g/mol. The molecule has 0 amide bonds. The van der Waals surface area contributed by atoms with E-state index in [-0.39, 0.29) is 0 Å². The lowest BCUT2D eigenvalue weighted by Crippen LogP contribution is -2.33. The Bertz CT molecular complexity index is 430. The van der Waals surface area contributed by atoms with Crippen LogP contribution in [0.2, 0.25) is 0 Å². The van der Waals surface area contributed by atoms with Crippen molar-refractivity contribution in [3.63, 3.8) is 0 Å². The van der Waals surface area contributed by atoms with Crippen LogP contribution in [0.3, 0.4) is 0 Å². The van der Waals surface area contributed by atoms with Crippen molar-refractivity contribution in [2.75, 3.05) is 13.8 Å². The number of fused-ring (bicyclic) bond motifs is 1. The SMILES string of the molecule is COc1cccc2c1=NCN(Cl)C=2. The van der Waals surface area contributed by atoms with Crippen molar-refractivity contribution in [3.8, 4) is 5.75 Å². The van der Waals surface area contributed by atoms with Crippen LogP contribution in [0.15, 0.2) is 23.2 Å². The van der Waals surface area contributed by atoms with Crippen molar-refractivity contribution in [2.45, 2.75) is 0 Å². The van der Waals surface area contributed by atoms with E-state index in [1.807, 2.05) is 24.4 Å². The minimum atomic E-state index is 0.467. The minimum Gasteiger partial charge on any atom is -0.494 e. The second kappa shape index (κ2) is 3.26. The van der Waals surface area contributed by atoms with Gasteiger partial charge in [-0.25, -0.2) is 0 Å². The normalized spacial score (nSPS) is 14.2. The van der Waals surface area contributed by atoms with Crippen LogP contribution in [-0.2, 0) is 0 Å². The van der Waals surface area contributed by atoms with Gasteiger partial charge in [0.05, 0.1) is 7.11 Å². The zero-order valence-corrected chi connectivity index (χ0v) is 7.95. The topological polar surface area (TPSA) is 24.8 Å². The summed E-state index contributed by atoms with van der Waals surface area (Å²) in [4.78, 5) is 4.28. The summed E-state index contributed by atoms with van der Waals surface area (Å²) < 4.78 is 6.69. The molecule has 0 unspecified atom stereocenters. The molecule has 4 heteroatoms. The Balaban J connectivity index is 2.71. The first-order valence-corrected chi connectivity index (χ1v) is 4.27. The van der Waals surface area contributed by atoms with Gasteiger partial charge in [0.2, 0.25) is 0 Å². The van der Waals surface area contributed by atoms with Gasteiger partial charge in [0.25, 0.3) is 0 Å². The Morgan fingerprint density at radius 1 is 1.54 bits per heavy atom. The fraction of sp³-hybridized carbons (Fsp3) is 0.222. The van der Waals surface area contributed by atoms with Gasteiger partial charge in [-0.15, -0.1) is 0 Å². The zero-order valence-electron chi connectivity index (χ0n) is 7.20. The number of rotatable bonds is 1. The van der Waals surface area contributed by atoms with Crippen LogP contribution in [-0.4, -0.2) is 18.2 Å². The predicted octanol–water partition coefficient (Wildman–Crippen LogP) is 0.480. The van der Waals surface area contributed by atoms with Crippen LogP contribution in [0, 0.1) is 0 Å². The van der Waals surface area contributed by atoms with E-state index >= 15 is 0 Å². The zero-order chi connectivity index (χ0) is 9.26. The summed E-state index contributed by atoms with van der Waals surface area (Å²) in [6, 6.07) is 5.76. The maximum absolute atomic E-state index is 5.78. The highest BCUT2D eigenvalue weighted by molar-refractivity contribution is 6.15. The lowest BCUT2D eigenvalue weighted by Gasteiger charge is -2.11. The van der Waals surface area contributed by atoms with Crippen molar-refractivity contribution in [1.82, 2.24) is 4.42 Å². The van der Waals surface area contributed by atoms with Gasteiger partial charge in [-0.05, 0) is 6.07 Å². The molecule has 0 aromatic heterocycles. The van der Waals surface area contributed by atoms with Gasteiger partial charge in [0.1, 0.15) is 17.8 Å². The number of nitrogens with zero attached hydrogens (tertiary/aromatic N) is 2. The largest absolute Gasteiger partial charge is 0.494 e. The number of methoxy groups -OCH3 is 1. The molecule has 0 aliphatic carbocycles. The van der Waals surface area contributed by atoms with E-state index in [0.29, 0.717) is 6.67 Å². The molecule has 0 atom stereocenters. The second-order valence-corrected chi connectivity index (χ2v) is 3.16. The average Bonchev–Trinajstić information content (AvgIpc) is 2.16. The fourth-order valence-corrected chi connectivity index (χ4v) is 1.47. The van der Waals surface area contributed by atoms with E-state index in [2.05, 4.69) is 4.99 Å². The molecule has 1 aromatic rings. The molecule has 2 rings (SSSR count). The molecule has 1 heterocycles. The first-order chi connectivity index (χ1) is 6.31. The Morgan fingerprint density at radius 2 is 2.38 bits per heavy atom. The molecule has 1 aliphatic heterocycles. The summed E-state index contributed by atoms with van der Waals surface area (Å²) in [5.74, 6) is 0.790. The summed E-state index contributed by atoms with van der Waals surface area (Å²) in [6.45, 7) is 0.467. The number of para-hydroxylation sites is 1. The minimum absolute atomic E-state index is 0.467. The van der Waals surface area contributed by atoms with E-state index in [1.165, 1.54) is 4.42 Å². The Hall–Kier alpha value is -1.22. The number of hydrogen-bond donors (Lipinski definition) is 0. The van der Waals surface area contributed by atoms with E-state index in [9.17, 15) is 0 Å². The Kier molecular flexibility index (Phi) is 2.10. The summed E-state index contributed by atoms with van der Waals surface area (Å²) in [5, 5.41) is 1.86. The fourth-order valence-electron chi connectivity index (χ4n) is 1.31. The molecular weight excluding hydrogens is 188 g/mol. The molecule has 0 spiro atoms. The quantitative estimate of drug-likeness (QED) is 0.611. The molecule has 3 nitrogen and oxygen atoms in total. The second-order valence-electron chi connectivity index (χ2n) is 2.73. The molecule has 0 bridgehead atoms. The highest BCUT2D eigenvalue weighted by atomic mass is 35.5.